The van der Waals surface area contributed by atoms with Crippen LogP contribution in [0, 0.1) is 22.7 Å². The van der Waals surface area contributed by atoms with E-state index in [4.69, 9.17) is 10.5 Å². The summed E-state index contributed by atoms with van der Waals surface area (Å²) in [6.45, 7) is 0. The van der Waals surface area contributed by atoms with Gasteiger partial charge >= 0.3 is 0 Å². The van der Waals surface area contributed by atoms with E-state index in [0.717, 1.165) is 0 Å². The zero-order valence-electron chi connectivity index (χ0n) is 7.04. The van der Waals surface area contributed by atoms with E-state index in [2.05, 4.69) is 4.98 Å². The molecule has 0 atom stereocenters. The quantitative estimate of drug-likeness (QED) is 0.721. The van der Waals surface area contributed by atoms with E-state index in [1.807, 2.05) is 0 Å². The fourth-order valence-corrected chi connectivity index (χ4v) is 1.09. The summed E-state index contributed by atoms with van der Waals surface area (Å²) in [4.78, 5) is 3.51. The number of rotatable bonds is 2. The molecule has 0 bridgehead atoms. The number of halogens is 2. The summed E-state index contributed by atoms with van der Waals surface area (Å²) in [5, 5.41) is 16.9. The molecule has 0 fully saturated rings. The summed E-state index contributed by atoms with van der Waals surface area (Å²) in [5.74, 6) is 0. The third-order valence-corrected chi connectivity index (χ3v) is 1.67. The van der Waals surface area contributed by atoms with Crippen LogP contribution in [-0.2, 0) is 6.42 Å². The highest BCUT2D eigenvalue weighted by Gasteiger charge is 2.18. The molecule has 1 aromatic rings. The maximum absolute atomic E-state index is 12.5. The summed E-state index contributed by atoms with van der Waals surface area (Å²) in [6, 6.07) is 4.66. The van der Waals surface area contributed by atoms with Crippen molar-refractivity contribution in [3.05, 3.63) is 29.1 Å². The topological polar surface area (TPSA) is 60.5 Å². The summed E-state index contributed by atoms with van der Waals surface area (Å²) < 4.78 is 25.0. The summed E-state index contributed by atoms with van der Waals surface area (Å²) in [7, 11) is 0. The van der Waals surface area contributed by atoms with Gasteiger partial charge in [-0.2, -0.15) is 10.5 Å². The van der Waals surface area contributed by atoms with Crippen LogP contribution in [0.5, 0.6) is 0 Å². The first-order chi connectivity index (χ1) is 6.70. The highest BCUT2D eigenvalue weighted by molar-refractivity contribution is 5.39. The average Bonchev–Trinajstić information content (AvgIpc) is 2.17. The van der Waals surface area contributed by atoms with Crippen molar-refractivity contribution in [2.45, 2.75) is 12.8 Å². The second-order valence-corrected chi connectivity index (χ2v) is 2.48. The Hall–Kier alpha value is -2.01. The normalized spacial score (nSPS) is 9.50. The maximum atomic E-state index is 12.5. The SMILES string of the molecule is N#CCc1ccnc(C#N)c1C(F)F. The first-order valence-corrected chi connectivity index (χ1v) is 3.73. The minimum absolute atomic E-state index is 0.142. The molecule has 0 amide bonds. The lowest BCUT2D eigenvalue weighted by atomic mass is 10.1. The van der Waals surface area contributed by atoms with Crippen molar-refractivity contribution < 1.29 is 8.78 Å². The standard InChI is InChI=1S/C9H5F2N3/c10-9(11)8-6(1-3-12)2-4-14-7(8)5-13/h2,4,9H,1H2. The fraction of sp³-hybridized carbons (Fsp3) is 0.222. The summed E-state index contributed by atoms with van der Waals surface area (Å²) in [5.41, 5.74) is -0.585. The molecule has 14 heavy (non-hydrogen) atoms. The highest BCUT2D eigenvalue weighted by Crippen LogP contribution is 2.25. The Balaban J connectivity index is 3.31. The second-order valence-electron chi connectivity index (χ2n) is 2.48. The van der Waals surface area contributed by atoms with Crippen molar-refractivity contribution in [3.8, 4) is 12.1 Å². The van der Waals surface area contributed by atoms with Crippen molar-refractivity contribution in [2.24, 2.45) is 0 Å². The molecule has 0 unspecified atom stereocenters. The molecule has 0 N–H and O–H groups in total. The van der Waals surface area contributed by atoms with Gasteiger partial charge in [0.05, 0.1) is 18.1 Å². The van der Waals surface area contributed by atoms with Crippen molar-refractivity contribution in [2.75, 3.05) is 0 Å². The number of alkyl halides is 2. The molecule has 1 aromatic heterocycles. The minimum Gasteiger partial charge on any atom is -0.245 e. The van der Waals surface area contributed by atoms with Crippen LogP contribution in [-0.4, -0.2) is 4.98 Å². The Morgan fingerprint density at radius 2 is 2.14 bits per heavy atom. The Labute approximate surface area is 79.2 Å². The van der Waals surface area contributed by atoms with Crippen LogP contribution < -0.4 is 0 Å². The summed E-state index contributed by atoms with van der Waals surface area (Å²) >= 11 is 0. The van der Waals surface area contributed by atoms with Crippen LogP contribution in [0.25, 0.3) is 0 Å². The molecule has 5 heteroatoms. The smallest absolute Gasteiger partial charge is 0.245 e. The van der Waals surface area contributed by atoms with Crippen LogP contribution in [0.4, 0.5) is 8.78 Å². The van der Waals surface area contributed by atoms with Crippen LogP contribution in [0.1, 0.15) is 23.2 Å². The van der Waals surface area contributed by atoms with Gasteiger partial charge in [0.25, 0.3) is 6.43 Å². The minimum atomic E-state index is -2.78. The number of nitriles is 2. The van der Waals surface area contributed by atoms with E-state index in [0.29, 0.717) is 0 Å². The molecule has 0 aliphatic heterocycles. The molecule has 0 saturated carbocycles. The van der Waals surface area contributed by atoms with Crippen molar-refractivity contribution in [3.63, 3.8) is 0 Å². The molecule has 0 radical (unpaired) electrons. The molecule has 1 heterocycles. The molecule has 70 valence electrons. The number of hydrogen-bond donors (Lipinski definition) is 0. The zero-order valence-corrected chi connectivity index (χ0v) is 7.04. The molecule has 0 aromatic carbocycles. The van der Waals surface area contributed by atoms with Gasteiger partial charge in [-0.15, -0.1) is 0 Å². The molecule has 1 rings (SSSR count). The number of nitrogens with zero attached hydrogens (tertiary/aromatic N) is 3. The van der Waals surface area contributed by atoms with Gasteiger partial charge in [0, 0.05) is 6.20 Å². The third-order valence-electron chi connectivity index (χ3n) is 1.67. The molecular formula is C9H5F2N3. The lowest BCUT2D eigenvalue weighted by Gasteiger charge is -2.05. The Kier molecular flexibility index (Phi) is 3.09. The highest BCUT2D eigenvalue weighted by atomic mass is 19.3. The lowest BCUT2D eigenvalue weighted by molar-refractivity contribution is 0.149. The van der Waals surface area contributed by atoms with Gasteiger partial charge in [0.1, 0.15) is 11.8 Å². The predicted molar refractivity (Wildman–Crippen MR) is 43.2 cm³/mol. The Bertz CT molecular complexity index is 415. The van der Waals surface area contributed by atoms with Gasteiger partial charge < -0.3 is 0 Å². The molecule has 0 aliphatic carbocycles. The molecule has 3 nitrogen and oxygen atoms in total. The summed E-state index contributed by atoms with van der Waals surface area (Å²) in [6.07, 6.45) is -1.67. The van der Waals surface area contributed by atoms with E-state index in [1.165, 1.54) is 12.3 Å². The van der Waals surface area contributed by atoms with Gasteiger partial charge in [-0.05, 0) is 11.6 Å². The van der Waals surface area contributed by atoms with E-state index >= 15 is 0 Å². The van der Waals surface area contributed by atoms with Gasteiger partial charge in [-0.1, -0.05) is 0 Å². The first kappa shape index (κ1) is 10.1. The van der Waals surface area contributed by atoms with Crippen molar-refractivity contribution in [1.82, 2.24) is 4.98 Å². The van der Waals surface area contributed by atoms with Crippen LogP contribution >= 0.6 is 0 Å². The van der Waals surface area contributed by atoms with E-state index in [-0.39, 0.29) is 17.7 Å². The van der Waals surface area contributed by atoms with Crippen molar-refractivity contribution in [1.29, 1.82) is 10.5 Å². The zero-order chi connectivity index (χ0) is 10.6. The molecule has 0 spiro atoms. The Morgan fingerprint density at radius 1 is 1.43 bits per heavy atom. The van der Waals surface area contributed by atoms with Crippen molar-refractivity contribution >= 4 is 0 Å². The molecule has 0 saturated heterocycles. The van der Waals surface area contributed by atoms with Crippen LogP contribution in [0.3, 0.4) is 0 Å². The van der Waals surface area contributed by atoms with Gasteiger partial charge in [-0.3, -0.25) is 0 Å². The maximum Gasteiger partial charge on any atom is 0.266 e. The van der Waals surface area contributed by atoms with Crippen LogP contribution in [0.15, 0.2) is 12.3 Å². The van der Waals surface area contributed by atoms with E-state index < -0.39 is 12.0 Å². The van der Waals surface area contributed by atoms with E-state index in [9.17, 15) is 8.78 Å². The number of pyridine rings is 1. The number of hydrogen-bond acceptors (Lipinski definition) is 3. The lowest BCUT2D eigenvalue weighted by Crippen LogP contribution is -2.00. The van der Waals surface area contributed by atoms with Gasteiger partial charge in [-0.25, -0.2) is 13.8 Å². The monoisotopic (exact) mass is 193 g/mol. The van der Waals surface area contributed by atoms with E-state index in [1.54, 1.807) is 12.1 Å². The average molecular weight is 193 g/mol. The third kappa shape index (κ3) is 1.83. The fourth-order valence-electron chi connectivity index (χ4n) is 1.09. The second kappa shape index (κ2) is 4.29. The van der Waals surface area contributed by atoms with Crippen LogP contribution in [0.2, 0.25) is 0 Å². The molecule has 0 aliphatic rings. The first-order valence-electron chi connectivity index (χ1n) is 3.73. The predicted octanol–water partition coefficient (Wildman–Crippen LogP) is 1.96. The van der Waals surface area contributed by atoms with Gasteiger partial charge in [0.15, 0.2) is 0 Å². The largest absolute Gasteiger partial charge is 0.266 e. The van der Waals surface area contributed by atoms with Gasteiger partial charge in [0.2, 0.25) is 0 Å². The molecular weight excluding hydrogens is 188 g/mol. The number of aromatic nitrogens is 1. The Morgan fingerprint density at radius 3 is 2.64 bits per heavy atom.